The number of rotatable bonds is 7. The molecule has 0 aliphatic carbocycles. The van der Waals surface area contributed by atoms with E-state index in [0.717, 1.165) is 59.8 Å². The molecule has 186 valence electrons. The zero-order valence-electron chi connectivity index (χ0n) is 19.9. The maximum absolute atomic E-state index is 13.1. The van der Waals surface area contributed by atoms with Crippen molar-refractivity contribution < 1.29 is 9.53 Å². The van der Waals surface area contributed by atoms with Crippen LogP contribution in [0.1, 0.15) is 29.7 Å². The second-order valence-electron chi connectivity index (χ2n) is 9.37. The summed E-state index contributed by atoms with van der Waals surface area (Å²) in [4.78, 5) is 40.6. The van der Waals surface area contributed by atoms with Gasteiger partial charge < -0.3 is 30.2 Å². The van der Waals surface area contributed by atoms with E-state index in [1.54, 1.807) is 25.2 Å². The number of ether oxygens (including phenoxy) is 1. The van der Waals surface area contributed by atoms with Crippen LogP contribution in [-0.4, -0.2) is 72.5 Å². The molecule has 1 saturated heterocycles. The smallest absolute Gasteiger partial charge is 0.240 e. The van der Waals surface area contributed by atoms with E-state index in [1.165, 1.54) is 5.56 Å². The van der Waals surface area contributed by atoms with Crippen molar-refractivity contribution in [2.45, 2.75) is 44.3 Å². The number of carbonyl (C=O) groups excluding carboxylic acids is 1. The number of nitrogens with two attached hydrogens (primary N) is 1. The highest BCUT2D eigenvalue weighted by molar-refractivity contribution is 5.83. The molecule has 4 N–H and O–H groups in total. The monoisotopic (exact) mass is 487 g/mol. The molecule has 1 aromatic carbocycles. The second-order valence-corrected chi connectivity index (χ2v) is 9.37. The van der Waals surface area contributed by atoms with Crippen LogP contribution in [0.4, 0.5) is 5.82 Å². The van der Waals surface area contributed by atoms with Gasteiger partial charge in [-0.1, -0.05) is 12.1 Å². The summed E-state index contributed by atoms with van der Waals surface area (Å²) in [6, 6.07) is 5.69. The largest absolute Gasteiger partial charge is 0.491 e. The molecule has 1 fully saturated rings. The van der Waals surface area contributed by atoms with Gasteiger partial charge in [-0.05, 0) is 30.9 Å². The molecule has 3 aromatic heterocycles. The third-order valence-electron chi connectivity index (χ3n) is 7.12. The van der Waals surface area contributed by atoms with E-state index in [2.05, 4.69) is 40.9 Å². The van der Waals surface area contributed by atoms with Crippen molar-refractivity contribution in [3.8, 4) is 5.75 Å². The van der Waals surface area contributed by atoms with Crippen molar-refractivity contribution in [1.29, 1.82) is 0 Å². The van der Waals surface area contributed by atoms with Gasteiger partial charge in [-0.25, -0.2) is 19.9 Å². The van der Waals surface area contributed by atoms with Crippen LogP contribution in [0.15, 0.2) is 43.4 Å². The van der Waals surface area contributed by atoms with Crippen LogP contribution in [0, 0.1) is 0 Å². The van der Waals surface area contributed by atoms with Crippen LogP contribution >= 0.6 is 0 Å². The average Bonchev–Trinajstić information content (AvgIpc) is 3.68. The van der Waals surface area contributed by atoms with E-state index in [0.29, 0.717) is 26.1 Å². The molecule has 0 bridgehead atoms. The number of benzene rings is 1. The summed E-state index contributed by atoms with van der Waals surface area (Å²) in [5.74, 6) is 1.60. The Morgan fingerprint density at radius 1 is 1.19 bits per heavy atom. The maximum Gasteiger partial charge on any atom is 0.240 e. The molecule has 4 aromatic rings. The lowest BCUT2D eigenvalue weighted by atomic mass is 9.98. The van der Waals surface area contributed by atoms with Crippen molar-refractivity contribution in [3.63, 3.8) is 0 Å². The number of amides is 1. The van der Waals surface area contributed by atoms with Crippen molar-refractivity contribution in [1.82, 2.24) is 34.8 Å². The highest BCUT2D eigenvalue weighted by Gasteiger charge is 2.30. The van der Waals surface area contributed by atoms with Gasteiger partial charge in [-0.3, -0.25) is 4.79 Å². The number of carbonyl (C=O) groups is 1. The van der Waals surface area contributed by atoms with E-state index in [-0.39, 0.29) is 11.9 Å². The first kappa shape index (κ1) is 22.5. The summed E-state index contributed by atoms with van der Waals surface area (Å²) in [6.07, 6.45) is 9.85. The Bertz CT molecular complexity index is 1350. The zero-order chi connectivity index (χ0) is 24.5. The molecule has 6 rings (SSSR count). The molecule has 11 nitrogen and oxygen atoms in total. The Morgan fingerprint density at radius 3 is 3.03 bits per heavy atom. The molecule has 2 aliphatic heterocycles. The Morgan fingerprint density at radius 2 is 2.14 bits per heavy atom. The van der Waals surface area contributed by atoms with Gasteiger partial charge in [0, 0.05) is 37.8 Å². The minimum atomic E-state index is -0.623. The van der Waals surface area contributed by atoms with Crippen LogP contribution in [-0.2, 0) is 24.2 Å². The second kappa shape index (κ2) is 9.57. The summed E-state index contributed by atoms with van der Waals surface area (Å²) in [5.41, 5.74) is 10.8. The third kappa shape index (κ3) is 4.26. The van der Waals surface area contributed by atoms with Crippen LogP contribution < -0.4 is 15.4 Å². The molecule has 0 unspecified atom stereocenters. The molecule has 5 heterocycles. The lowest BCUT2D eigenvalue weighted by molar-refractivity contribution is -0.133. The molecule has 1 amide bonds. The minimum Gasteiger partial charge on any atom is -0.491 e. The van der Waals surface area contributed by atoms with E-state index in [4.69, 9.17) is 10.5 Å². The summed E-state index contributed by atoms with van der Waals surface area (Å²) in [7, 11) is 0. The Balaban J connectivity index is 1.15. The van der Waals surface area contributed by atoms with Crippen LogP contribution in [0.25, 0.3) is 11.2 Å². The van der Waals surface area contributed by atoms with Crippen LogP contribution in [0.3, 0.4) is 0 Å². The SMILES string of the molecule is N[C@@H](Cc1c[nH]cn1)C(=O)N1CCc2cccc(OC[C@H]3CCCN3c3ncnc4[nH]cnc34)c2C1. The Hall–Kier alpha value is -3.99. The molecular weight excluding hydrogens is 458 g/mol. The molecule has 0 radical (unpaired) electrons. The summed E-state index contributed by atoms with van der Waals surface area (Å²) in [6.45, 7) is 2.56. The molecule has 36 heavy (non-hydrogen) atoms. The summed E-state index contributed by atoms with van der Waals surface area (Å²) >= 11 is 0. The number of imidazole rings is 2. The number of nitrogens with zero attached hydrogens (tertiary/aromatic N) is 6. The first-order valence-corrected chi connectivity index (χ1v) is 12.3. The van der Waals surface area contributed by atoms with Crippen molar-refractivity contribution in [2.24, 2.45) is 5.73 Å². The van der Waals surface area contributed by atoms with Crippen LogP contribution in [0.5, 0.6) is 5.75 Å². The van der Waals surface area contributed by atoms with E-state index in [9.17, 15) is 4.79 Å². The fourth-order valence-electron chi connectivity index (χ4n) is 5.26. The standard InChI is InChI=1S/C25H29N9O2/c26-20(9-17-10-27-13-28-17)25(35)33-8-6-16-3-1-5-21(19(16)11-33)36-12-18-4-2-7-34(18)24-22-23(30-14-29-22)31-15-32-24/h1,3,5,10,13-15,18,20H,2,4,6-9,11-12,26H2,(H,27,28)(H,29,30,31,32)/t18-,20+/m1/s1. The third-order valence-corrected chi connectivity index (χ3v) is 7.12. The number of H-pyrrole nitrogens is 2. The highest BCUT2D eigenvalue weighted by atomic mass is 16.5. The van der Waals surface area contributed by atoms with E-state index >= 15 is 0 Å². The maximum atomic E-state index is 13.1. The lowest BCUT2D eigenvalue weighted by Crippen LogP contribution is -2.47. The Labute approximate surface area is 208 Å². The number of anilines is 1. The van der Waals surface area contributed by atoms with Gasteiger partial charge in [-0.15, -0.1) is 0 Å². The predicted octanol–water partition coefficient (Wildman–Crippen LogP) is 1.58. The molecular formula is C25H29N9O2. The van der Waals surface area contributed by atoms with Gasteiger partial charge in [0.2, 0.25) is 5.91 Å². The number of hydrogen-bond acceptors (Lipinski definition) is 8. The van der Waals surface area contributed by atoms with Gasteiger partial charge in [0.15, 0.2) is 11.5 Å². The van der Waals surface area contributed by atoms with Gasteiger partial charge in [0.25, 0.3) is 0 Å². The highest BCUT2D eigenvalue weighted by Crippen LogP contribution is 2.31. The molecule has 2 atom stereocenters. The number of nitrogens with one attached hydrogen (secondary N) is 2. The number of aromatic nitrogens is 6. The van der Waals surface area contributed by atoms with E-state index in [1.807, 2.05) is 17.0 Å². The first-order chi connectivity index (χ1) is 17.7. The number of aromatic amines is 2. The quantitative estimate of drug-likeness (QED) is 0.357. The van der Waals surface area contributed by atoms with Gasteiger partial charge in [-0.2, -0.15) is 0 Å². The lowest BCUT2D eigenvalue weighted by Gasteiger charge is -2.32. The Kier molecular flexibility index (Phi) is 5.98. The minimum absolute atomic E-state index is 0.0628. The number of hydrogen-bond donors (Lipinski definition) is 3. The average molecular weight is 488 g/mol. The summed E-state index contributed by atoms with van der Waals surface area (Å²) < 4.78 is 6.41. The molecule has 2 aliphatic rings. The molecule has 0 spiro atoms. The first-order valence-electron chi connectivity index (χ1n) is 12.3. The fraction of sp³-hybridized carbons (Fsp3) is 0.400. The van der Waals surface area contributed by atoms with Gasteiger partial charge in [0.1, 0.15) is 24.2 Å². The van der Waals surface area contributed by atoms with Crippen LogP contribution in [0.2, 0.25) is 0 Å². The van der Waals surface area contributed by atoms with Gasteiger partial charge in [0.05, 0.1) is 30.4 Å². The van der Waals surface area contributed by atoms with Crippen molar-refractivity contribution in [2.75, 3.05) is 24.6 Å². The summed E-state index contributed by atoms with van der Waals surface area (Å²) in [5, 5.41) is 0. The molecule has 11 heteroatoms. The zero-order valence-corrected chi connectivity index (χ0v) is 19.9. The van der Waals surface area contributed by atoms with Gasteiger partial charge >= 0.3 is 0 Å². The van der Waals surface area contributed by atoms with Crippen molar-refractivity contribution in [3.05, 3.63) is 60.2 Å². The van der Waals surface area contributed by atoms with Crippen molar-refractivity contribution >= 4 is 22.9 Å². The number of fused-ring (bicyclic) bond motifs is 2. The normalized spacial score (nSPS) is 18.4. The van der Waals surface area contributed by atoms with E-state index < -0.39 is 6.04 Å². The predicted molar refractivity (Wildman–Crippen MR) is 133 cm³/mol. The molecule has 0 saturated carbocycles. The fourth-order valence-corrected chi connectivity index (χ4v) is 5.26. The topological polar surface area (TPSA) is 142 Å².